The zero-order valence-corrected chi connectivity index (χ0v) is 19.5. The van der Waals surface area contributed by atoms with E-state index >= 15 is 0 Å². The number of rotatable bonds is 5. The van der Waals surface area contributed by atoms with E-state index in [0.717, 1.165) is 50.1 Å². The molecule has 8 heteroatoms. The van der Waals surface area contributed by atoms with E-state index in [1.54, 1.807) is 7.11 Å². The number of nitrogens with zero attached hydrogens (tertiary/aromatic N) is 4. The van der Waals surface area contributed by atoms with Crippen LogP contribution in [0.15, 0.2) is 28.7 Å². The molecular formula is C24H34N4O4. The van der Waals surface area contributed by atoms with Crippen molar-refractivity contribution in [2.24, 2.45) is 0 Å². The Labute approximate surface area is 189 Å². The third kappa shape index (κ3) is 5.23. The summed E-state index contributed by atoms with van der Waals surface area (Å²) in [6.07, 6.45) is 5.16. The minimum absolute atomic E-state index is 0.158. The van der Waals surface area contributed by atoms with Gasteiger partial charge in [-0.05, 0) is 71.2 Å². The molecule has 3 heterocycles. The van der Waals surface area contributed by atoms with E-state index in [2.05, 4.69) is 15.1 Å². The number of methoxy groups -OCH3 is 1. The number of aromatic nitrogens is 2. The van der Waals surface area contributed by atoms with Crippen molar-refractivity contribution < 1.29 is 18.7 Å². The van der Waals surface area contributed by atoms with Crippen LogP contribution < -0.4 is 4.74 Å². The van der Waals surface area contributed by atoms with E-state index in [9.17, 15) is 4.79 Å². The number of ether oxygens (including phenoxy) is 2. The lowest BCUT2D eigenvalue weighted by molar-refractivity contribution is 0.00540. The van der Waals surface area contributed by atoms with Gasteiger partial charge in [0.1, 0.15) is 11.4 Å². The van der Waals surface area contributed by atoms with Crippen molar-refractivity contribution in [3.63, 3.8) is 0 Å². The number of likely N-dealkylation sites (tertiary alicyclic amines) is 2. The van der Waals surface area contributed by atoms with E-state index < -0.39 is 5.60 Å². The molecule has 2 aromatic rings. The van der Waals surface area contributed by atoms with Crippen LogP contribution in [-0.4, -0.2) is 64.0 Å². The van der Waals surface area contributed by atoms with Gasteiger partial charge < -0.3 is 18.8 Å². The number of hydrogen-bond acceptors (Lipinski definition) is 7. The summed E-state index contributed by atoms with van der Waals surface area (Å²) in [6, 6.07) is 8.04. The second-order valence-electron chi connectivity index (χ2n) is 9.65. The third-order valence-electron chi connectivity index (χ3n) is 6.16. The average Bonchev–Trinajstić information content (AvgIpc) is 3.43. The third-order valence-corrected chi connectivity index (χ3v) is 6.16. The molecule has 0 bridgehead atoms. The van der Waals surface area contributed by atoms with Gasteiger partial charge >= 0.3 is 6.09 Å². The van der Waals surface area contributed by atoms with Crippen molar-refractivity contribution in [2.45, 2.75) is 77.1 Å². The molecule has 0 radical (unpaired) electrons. The van der Waals surface area contributed by atoms with Crippen LogP contribution in [0.3, 0.4) is 0 Å². The van der Waals surface area contributed by atoms with Crippen LogP contribution in [0, 0.1) is 0 Å². The minimum Gasteiger partial charge on any atom is -0.497 e. The topological polar surface area (TPSA) is 80.9 Å². The fourth-order valence-electron chi connectivity index (χ4n) is 4.75. The van der Waals surface area contributed by atoms with Gasteiger partial charge in [0.15, 0.2) is 0 Å². The van der Waals surface area contributed by atoms with Gasteiger partial charge in [-0.1, -0.05) is 12.5 Å². The first-order valence-corrected chi connectivity index (χ1v) is 11.5. The molecule has 1 amide bonds. The Balaban J connectivity index is 1.47. The maximum atomic E-state index is 12.8. The zero-order chi connectivity index (χ0) is 22.7. The predicted octanol–water partition coefficient (Wildman–Crippen LogP) is 4.50. The molecule has 0 unspecified atom stereocenters. The molecule has 8 nitrogen and oxygen atoms in total. The van der Waals surface area contributed by atoms with Crippen molar-refractivity contribution in [1.29, 1.82) is 0 Å². The van der Waals surface area contributed by atoms with Gasteiger partial charge in [-0.2, -0.15) is 0 Å². The van der Waals surface area contributed by atoms with Crippen LogP contribution in [-0.2, 0) is 11.3 Å². The Bertz CT molecular complexity index is 923. The second kappa shape index (κ2) is 9.48. The second-order valence-corrected chi connectivity index (χ2v) is 9.65. The van der Waals surface area contributed by atoms with Gasteiger partial charge in [-0.15, -0.1) is 10.2 Å². The molecular weight excluding hydrogens is 408 g/mol. The van der Waals surface area contributed by atoms with E-state index in [-0.39, 0.29) is 18.2 Å². The number of benzene rings is 1. The molecule has 4 rings (SSSR count). The van der Waals surface area contributed by atoms with Crippen LogP contribution in [0.5, 0.6) is 5.75 Å². The summed E-state index contributed by atoms with van der Waals surface area (Å²) in [5.74, 6) is 1.84. The van der Waals surface area contributed by atoms with Gasteiger partial charge in [-0.25, -0.2) is 4.79 Å². The average molecular weight is 443 g/mol. The number of carbonyl (C=O) groups excluding carboxylic acids is 1. The molecule has 2 aliphatic heterocycles. The molecule has 2 atom stereocenters. The lowest BCUT2D eigenvalue weighted by atomic mass is 9.94. The summed E-state index contributed by atoms with van der Waals surface area (Å²) in [7, 11) is 1.64. The minimum atomic E-state index is -0.489. The number of hydrogen-bond donors (Lipinski definition) is 0. The van der Waals surface area contributed by atoms with E-state index in [1.165, 1.54) is 6.42 Å². The lowest BCUT2D eigenvalue weighted by Crippen LogP contribution is -2.53. The maximum absolute atomic E-state index is 12.8. The van der Waals surface area contributed by atoms with Crippen LogP contribution in [0.1, 0.15) is 58.8 Å². The summed E-state index contributed by atoms with van der Waals surface area (Å²) in [6.45, 7) is 8.04. The highest BCUT2D eigenvalue weighted by molar-refractivity contribution is 5.69. The normalized spacial score (nSPS) is 22.2. The van der Waals surface area contributed by atoms with Gasteiger partial charge in [0, 0.05) is 18.2 Å². The largest absolute Gasteiger partial charge is 0.497 e. The lowest BCUT2D eigenvalue weighted by Gasteiger charge is -2.41. The van der Waals surface area contributed by atoms with Crippen molar-refractivity contribution in [3.8, 4) is 17.2 Å². The van der Waals surface area contributed by atoms with Crippen LogP contribution in [0.25, 0.3) is 11.5 Å². The van der Waals surface area contributed by atoms with Crippen LogP contribution >= 0.6 is 0 Å². The smallest absolute Gasteiger partial charge is 0.410 e. The fraction of sp³-hybridized carbons (Fsp3) is 0.625. The Kier molecular flexibility index (Phi) is 6.69. The molecule has 1 aromatic heterocycles. The summed E-state index contributed by atoms with van der Waals surface area (Å²) in [4.78, 5) is 17.2. The quantitative estimate of drug-likeness (QED) is 0.674. The first-order chi connectivity index (χ1) is 15.3. The van der Waals surface area contributed by atoms with Crippen molar-refractivity contribution in [1.82, 2.24) is 20.0 Å². The summed E-state index contributed by atoms with van der Waals surface area (Å²) in [5, 5.41) is 8.55. The zero-order valence-electron chi connectivity index (χ0n) is 19.5. The highest BCUT2D eigenvalue weighted by atomic mass is 16.6. The molecule has 32 heavy (non-hydrogen) atoms. The maximum Gasteiger partial charge on any atom is 0.410 e. The highest BCUT2D eigenvalue weighted by Crippen LogP contribution is 2.32. The molecule has 0 spiro atoms. The van der Waals surface area contributed by atoms with Crippen molar-refractivity contribution >= 4 is 6.09 Å². The summed E-state index contributed by atoms with van der Waals surface area (Å²) < 4.78 is 17.0. The number of piperidine rings is 1. The SMILES string of the molecule is COc1cccc(-c2nnc(CN3CCCC[C@@H]3[C@@H]3CCCN3C(=O)OC(C)(C)C)o2)c1. The Morgan fingerprint density at radius 1 is 1.12 bits per heavy atom. The molecule has 0 saturated carbocycles. The highest BCUT2D eigenvalue weighted by Gasteiger charge is 2.40. The number of amides is 1. The van der Waals surface area contributed by atoms with E-state index in [1.807, 2.05) is 49.9 Å². The molecule has 2 aliphatic rings. The molecule has 2 fully saturated rings. The van der Waals surface area contributed by atoms with E-state index in [0.29, 0.717) is 18.3 Å². The van der Waals surface area contributed by atoms with Gasteiger partial charge in [-0.3, -0.25) is 4.90 Å². The standard InChI is InChI=1S/C24H34N4O4/c1-24(2,3)32-23(29)28-14-8-12-20(28)19-11-5-6-13-27(19)16-21-25-26-22(31-21)17-9-7-10-18(15-17)30-4/h7,9-10,15,19-20H,5-6,8,11-14,16H2,1-4H3/t19-,20+/m1/s1. The van der Waals surface area contributed by atoms with Crippen LogP contribution in [0.2, 0.25) is 0 Å². The Morgan fingerprint density at radius 3 is 2.72 bits per heavy atom. The fourth-order valence-corrected chi connectivity index (χ4v) is 4.75. The predicted molar refractivity (Wildman–Crippen MR) is 120 cm³/mol. The monoisotopic (exact) mass is 442 g/mol. The molecule has 2 saturated heterocycles. The molecule has 1 aromatic carbocycles. The first-order valence-electron chi connectivity index (χ1n) is 11.5. The van der Waals surface area contributed by atoms with Crippen LogP contribution in [0.4, 0.5) is 4.79 Å². The Hall–Kier alpha value is -2.61. The van der Waals surface area contributed by atoms with Gasteiger partial charge in [0.25, 0.3) is 0 Å². The van der Waals surface area contributed by atoms with Gasteiger partial charge in [0.2, 0.25) is 11.8 Å². The molecule has 0 N–H and O–H groups in total. The number of carbonyl (C=O) groups is 1. The molecule has 0 aliphatic carbocycles. The van der Waals surface area contributed by atoms with Gasteiger partial charge in [0.05, 0.1) is 19.7 Å². The Morgan fingerprint density at radius 2 is 1.94 bits per heavy atom. The van der Waals surface area contributed by atoms with Crippen molar-refractivity contribution in [2.75, 3.05) is 20.2 Å². The first kappa shape index (κ1) is 22.6. The molecule has 174 valence electrons. The summed E-state index contributed by atoms with van der Waals surface area (Å²) >= 11 is 0. The summed E-state index contributed by atoms with van der Waals surface area (Å²) in [5.41, 5.74) is 0.349. The van der Waals surface area contributed by atoms with E-state index in [4.69, 9.17) is 13.9 Å². The van der Waals surface area contributed by atoms with Crippen molar-refractivity contribution in [3.05, 3.63) is 30.2 Å².